The van der Waals surface area contributed by atoms with Crippen molar-refractivity contribution in [2.75, 3.05) is 10.6 Å². The van der Waals surface area contributed by atoms with Crippen molar-refractivity contribution in [3.05, 3.63) is 77.4 Å². The predicted molar refractivity (Wildman–Crippen MR) is 114 cm³/mol. The molecule has 0 unspecified atom stereocenters. The Morgan fingerprint density at radius 2 is 2.13 bits per heavy atom. The summed E-state index contributed by atoms with van der Waals surface area (Å²) in [6, 6.07) is 8.83. The molecule has 0 saturated heterocycles. The molecule has 30 heavy (non-hydrogen) atoms. The fourth-order valence-corrected chi connectivity index (χ4v) is 2.95. The number of hydrogen-bond acceptors (Lipinski definition) is 7. The van der Waals surface area contributed by atoms with Crippen molar-refractivity contribution in [1.82, 2.24) is 9.97 Å². The average Bonchev–Trinajstić information content (AvgIpc) is 3.26. The van der Waals surface area contributed by atoms with Gasteiger partial charge in [-0.2, -0.15) is 5.26 Å². The quantitative estimate of drug-likeness (QED) is 0.504. The van der Waals surface area contributed by atoms with E-state index >= 15 is 0 Å². The largest absolute Gasteiger partial charge is 0.451 e. The highest BCUT2D eigenvalue weighted by molar-refractivity contribution is 6.06. The zero-order chi connectivity index (χ0) is 21.5. The van der Waals surface area contributed by atoms with Crippen LogP contribution < -0.4 is 10.6 Å². The number of benzene rings is 1. The summed E-state index contributed by atoms with van der Waals surface area (Å²) in [6.07, 6.45) is 8.91. The van der Waals surface area contributed by atoms with E-state index in [9.17, 15) is 10.1 Å². The number of rotatable bonds is 7. The first kappa shape index (κ1) is 20.5. The molecule has 3 rings (SSSR count). The molecule has 150 valence electrons. The van der Waals surface area contributed by atoms with E-state index in [2.05, 4.69) is 20.6 Å². The van der Waals surface area contributed by atoms with Gasteiger partial charge in [0.05, 0.1) is 0 Å². The Kier molecular flexibility index (Phi) is 6.35. The maximum absolute atomic E-state index is 12.9. The smallest absolute Gasteiger partial charge is 0.256 e. The van der Waals surface area contributed by atoms with Crippen LogP contribution in [-0.2, 0) is 0 Å². The first-order valence-corrected chi connectivity index (χ1v) is 9.19. The third-order valence-corrected chi connectivity index (χ3v) is 4.33. The number of carbonyl (C=O) groups excluding carboxylic acids is 1. The Morgan fingerprint density at radius 1 is 1.30 bits per heavy atom. The molecule has 3 N–H and O–H groups in total. The Balaban J connectivity index is 1.84. The molecular weight excluding hydrogens is 380 g/mol. The highest BCUT2D eigenvalue weighted by Crippen LogP contribution is 2.25. The highest BCUT2D eigenvalue weighted by Gasteiger charge is 2.19. The minimum Gasteiger partial charge on any atom is -0.451 e. The summed E-state index contributed by atoms with van der Waals surface area (Å²) < 4.78 is 4.91. The number of nitrogens with zero attached hydrogens (tertiary/aromatic N) is 3. The minimum absolute atomic E-state index is 0.0340. The van der Waals surface area contributed by atoms with Gasteiger partial charge in [0.1, 0.15) is 23.7 Å². The second-order valence-electron chi connectivity index (χ2n) is 6.68. The summed E-state index contributed by atoms with van der Waals surface area (Å²) >= 11 is 0. The summed E-state index contributed by atoms with van der Waals surface area (Å²) in [5, 5.41) is 22.8. The summed E-state index contributed by atoms with van der Waals surface area (Å²) in [5.74, 6) is -0.363. The third-order valence-electron chi connectivity index (χ3n) is 4.33. The molecule has 0 aliphatic carbocycles. The van der Waals surface area contributed by atoms with E-state index in [1.165, 1.54) is 25.1 Å². The fourth-order valence-electron chi connectivity index (χ4n) is 2.95. The SMILES string of the molecule is CC(C)c1c(C(=O)Nc2ccc(C=N)c(N/C=C/c3cocn3)c2)ccnc1C#N. The van der Waals surface area contributed by atoms with Gasteiger partial charge in [-0.15, -0.1) is 0 Å². The van der Waals surface area contributed by atoms with E-state index in [-0.39, 0.29) is 17.5 Å². The van der Waals surface area contributed by atoms with Crippen LogP contribution in [0, 0.1) is 16.7 Å². The Hall–Kier alpha value is -4.25. The Morgan fingerprint density at radius 3 is 2.80 bits per heavy atom. The Bertz CT molecular complexity index is 1130. The zero-order valence-corrected chi connectivity index (χ0v) is 16.5. The molecule has 0 aliphatic rings. The van der Waals surface area contributed by atoms with Crippen molar-refractivity contribution in [2.24, 2.45) is 0 Å². The molecular formula is C22H20N6O2. The highest BCUT2D eigenvalue weighted by atomic mass is 16.3. The topological polar surface area (TPSA) is 128 Å². The van der Waals surface area contributed by atoms with Gasteiger partial charge in [-0.25, -0.2) is 9.97 Å². The molecule has 0 bridgehead atoms. The maximum Gasteiger partial charge on any atom is 0.256 e. The molecule has 1 aromatic carbocycles. The number of aromatic nitrogens is 2. The van der Waals surface area contributed by atoms with Crippen LogP contribution in [0.25, 0.3) is 6.08 Å². The molecule has 3 aromatic rings. The van der Waals surface area contributed by atoms with Crippen LogP contribution in [0.4, 0.5) is 11.4 Å². The van der Waals surface area contributed by atoms with Crippen LogP contribution in [-0.4, -0.2) is 22.1 Å². The van der Waals surface area contributed by atoms with Gasteiger partial charge in [-0.3, -0.25) is 4.79 Å². The van der Waals surface area contributed by atoms with Gasteiger partial charge in [0, 0.05) is 46.7 Å². The van der Waals surface area contributed by atoms with Crippen molar-refractivity contribution in [3.63, 3.8) is 0 Å². The van der Waals surface area contributed by atoms with Gasteiger partial charge in [-0.1, -0.05) is 13.8 Å². The molecule has 0 fully saturated rings. The lowest BCUT2D eigenvalue weighted by molar-refractivity contribution is 0.102. The molecule has 0 radical (unpaired) electrons. The van der Waals surface area contributed by atoms with E-state index in [4.69, 9.17) is 9.83 Å². The predicted octanol–water partition coefficient (Wildman–Crippen LogP) is 4.40. The van der Waals surface area contributed by atoms with Crippen LogP contribution in [0.5, 0.6) is 0 Å². The van der Waals surface area contributed by atoms with Gasteiger partial charge in [0.25, 0.3) is 5.91 Å². The van der Waals surface area contributed by atoms with Crippen molar-refractivity contribution in [3.8, 4) is 6.07 Å². The summed E-state index contributed by atoms with van der Waals surface area (Å²) in [5.41, 5.74) is 3.76. The van der Waals surface area contributed by atoms with Crippen LogP contribution >= 0.6 is 0 Å². The molecule has 2 aromatic heterocycles. The molecule has 1 amide bonds. The molecule has 0 saturated carbocycles. The molecule has 8 nitrogen and oxygen atoms in total. The number of nitriles is 1. The monoisotopic (exact) mass is 400 g/mol. The number of nitrogens with one attached hydrogen (secondary N) is 3. The van der Waals surface area contributed by atoms with Gasteiger partial charge in [0.15, 0.2) is 6.39 Å². The number of oxazole rings is 1. The number of pyridine rings is 1. The standard InChI is InChI=1S/C22H20N6O2/c1-14(2)21-18(6-8-26-20(21)11-24)22(29)28-16-4-3-15(10-23)19(9-16)25-7-5-17-12-30-13-27-17/h3-10,12-14,23,25H,1-2H3,(H,28,29)/b7-5+,23-10?. The number of carbonyl (C=O) groups is 1. The molecule has 0 atom stereocenters. The molecule has 8 heteroatoms. The average molecular weight is 400 g/mol. The van der Waals surface area contributed by atoms with Crippen molar-refractivity contribution < 1.29 is 9.21 Å². The normalized spacial score (nSPS) is 10.7. The minimum atomic E-state index is -0.329. The summed E-state index contributed by atoms with van der Waals surface area (Å²) in [6.45, 7) is 3.83. The van der Waals surface area contributed by atoms with Gasteiger partial charge in [-0.05, 0) is 36.3 Å². The van der Waals surface area contributed by atoms with E-state index in [0.29, 0.717) is 33.8 Å². The number of hydrogen-bond donors (Lipinski definition) is 3. The first-order chi connectivity index (χ1) is 14.5. The number of amides is 1. The van der Waals surface area contributed by atoms with Crippen LogP contribution in [0.1, 0.15) is 52.6 Å². The zero-order valence-electron chi connectivity index (χ0n) is 16.5. The van der Waals surface area contributed by atoms with Crippen molar-refractivity contribution in [2.45, 2.75) is 19.8 Å². The third kappa shape index (κ3) is 4.59. The van der Waals surface area contributed by atoms with E-state index in [1.54, 1.807) is 36.5 Å². The van der Waals surface area contributed by atoms with Crippen LogP contribution in [0.15, 0.2) is 53.7 Å². The van der Waals surface area contributed by atoms with Gasteiger partial charge >= 0.3 is 0 Å². The van der Waals surface area contributed by atoms with E-state index in [1.807, 2.05) is 19.9 Å². The van der Waals surface area contributed by atoms with Crippen LogP contribution in [0.3, 0.4) is 0 Å². The lowest BCUT2D eigenvalue weighted by Crippen LogP contribution is -2.16. The van der Waals surface area contributed by atoms with E-state index < -0.39 is 0 Å². The van der Waals surface area contributed by atoms with Gasteiger partial charge in [0.2, 0.25) is 0 Å². The second kappa shape index (κ2) is 9.30. The second-order valence-corrected chi connectivity index (χ2v) is 6.68. The number of anilines is 2. The van der Waals surface area contributed by atoms with Crippen molar-refractivity contribution in [1.29, 1.82) is 10.7 Å². The first-order valence-electron chi connectivity index (χ1n) is 9.19. The summed E-state index contributed by atoms with van der Waals surface area (Å²) in [4.78, 5) is 21.0. The fraction of sp³-hybridized carbons (Fsp3) is 0.136. The van der Waals surface area contributed by atoms with Crippen LogP contribution in [0.2, 0.25) is 0 Å². The summed E-state index contributed by atoms with van der Waals surface area (Å²) in [7, 11) is 0. The lowest BCUT2D eigenvalue weighted by Gasteiger charge is -2.14. The van der Waals surface area contributed by atoms with Gasteiger partial charge < -0.3 is 20.5 Å². The Labute approximate surface area is 173 Å². The molecule has 2 heterocycles. The van der Waals surface area contributed by atoms with E-state index in [0.717, 1.165) is 0 Å². The lowest BCUT2D eigenvalue weighted by atomic mass is 9.95. The maximum atomic E-state index is 12.9. The molecule has 0 aliphatic heterocycles. The molecule has 0 spiro atoms. The van der Waals surface area contributed by atoms with Crippen molar-refractivity contribution >= 4 is 29.6 Å².